The van der Waals surface area contributed by atoms with Crippen LogP contribution in [0.3, 0.4) is 0 Å². The minimum absolute atomic E-state index is 0. The lowest BCUT2D eigenvalue weighted by molar-refractivity contribution is -0.870. The molecule has 1 heterocycles. The Morgan fingerprint density at radius 2 is 1.91 bits per heavy atom. The first kappa shape index (κ1) is 19.0. The number of para-hydroxylation sites is 1. The average Bonchev–Trinajstić information content (AvgIpc) is 2.74. The number of furan rings is 1. The lowest BCUT2D eigenvalue weighted by atomic mass is 10.1. The molecule has 0 aliphatic heterocycles. The Labute approximate surface area is 149 Å². The zero-order chi connectivity index (χ0) is 15.6. The number of hydrogen-bond acceptors (Lipinski definition) is 3. The number of rotatable bonds is 5. The third-order valence-corrected chi connectivity index (χ3v) is 3.54. The number of halogens is 1. The highest BCUT2D eigenvalue weighted by atomic mass is 127. The SMILES string of the molecule is Cc1c(C(=O)OC(C)CC[N+](C)(C)C)oc2ccccc12.[I-]. The molecular formula is C17H24INO3. The number of hydrogen-bond donors (Lipinski definition) is 0. The van der Waals surface area contributed by atoms with Crippen molar-refractivity contribution in [3.63, 3.8) is 0 Å². The van der Waals surface area contributed by atoms with Gasteiger partial charge in [-0.3, -0.25) is 0 Å². The van der Waals surface area contributed by atoms with E-state index in [0.717, 1.165) is 34.0 Å². The zero-order valence-corrected chi connectivity index (χ0v) is 16.0. The van der Waals surface area contributed by atoms with Crippen molar-refractivity contribution in [3.8, 4) is 0 Å². The van der Waals surface area contributed by atoms with Gasteiger partial charge in [0.05, 0.1) is 27.7 Å². The molecule has 0 aliphatic carbocycles. The number of aryl methyl sites for hydroxylation is 1. The Morgan fingerprint density at radius 3 is 2.50 bits per heavy atom. The summed E-state index contributed by atoms with van der Waals surface area (Å²) < 4.78 is 12.0. The van der Waals surface area contributed by atoms with Crippen LogP contribution in [0.15, 0.2) is 28.7 Å². The molecule has 0 N–H and O–H groups in total. The quantitative estimate of drug-likeness (QED) is 0.402. The standard InChI is InChI=1S/C17H24NO3.HI/c1-12(10-11-18(3,4)5)20-17(19)16-13(2)14-8-6-7-9-15(14)21-16;/h6-9,12H,10-11H2,1-5H3;1H/q+1;/p-1. The van der Waals surface area contributed by atoms with E-state index in [1.54, 1.807) is 0 Å². The molecular weight excluding hydrogens is 393 g/mol. The predicted octanol–water partition coefficient (Wildman–Crippen LogP) is 0.387. The summed E-state index contributed by atoms with van der Waals surface area (Å²) in [6, 6.07) is 7.64. The van der Waals surface area contributed by atoms with E-state index >= 15 is 0 Å². The number of benzene rings is 1. The maximum absolute atomic E-state index is 12.2. The molecule has 0 saturated carbocycles. The Bertz CT molecular complexity index is 643. The fraction of sp³-hybridized carbons (Fsp3) is 0.471. The number of ether oxygens (including phenoxy) is 1. The van der Waals surface area contributed by atoms with Crippen LogP contribution >= 0.6 is 0 Å². The van der Waals surface area contributed by atoms with Gasteiger partial charge in [0, 0.05) is 17.4 Å². The van der Waals surface area contributed by atoms with Gasteiger partial charge in [-0.25, -0.2) is 4.79 Å². The molecule has 0 aliphatic rings. The van der Waals surface area contributed by atoms with Crippen LogP contribution in [0.2, 0.25) is 0 Å². The summed E-state index contributed by atoms with van der Waals surface area (Å²) in [4.78, 5) is 12.2. The fourth-order valence-electron chi connectivity index (χ4n) is 2.23. The molecule has 2 aromatic rings. The first-order valence-corrected chi connectivity index (χ1v) is 7.27. The van der Waals surface area contributed by atoms with Gasteiger partial charge in [-0.2, -0.15) is 0 Å². The van der Waals surface area contributed by atoms with Crippen molar-refractivity contribution in [2.75, 3.05) is 27.7 Å². The number of fused-ring (bicyclic) bond motifs is 1. The summed E-state index contributed by atoms with van der Waals surface area (Å²) in [7, 11) is 6.37. The second-order valence-corrected chi connectivity index (χ2v) is 6.57. The molecule has 1 aromatic heterocycles. The zero-order valence-electron chi connectivity index (χ0n) is 13.9. The van der Waals surface area contributed by atoms with Gasteiger partial charge in [-0.15, -0.1) is 0 Å². The molecule has 2 rings (SSSR count). The highest BCUT2D eigenvalue weighted by molar-refractivity contribution is 5.95. The normalized spacial score (nSPS) is 12.8. The summed E-state index contributed by atoms with van der Waals surface area (Å²) in [6.45, 7) is 4.76. The van der Waals surface area contributed by atoms with E-state index in [0.29, 0.717) is 5.76 Å². The highest BCUT2D eigenvalue weighted by Crippen LogP contribution is 2.25. The van der Waals surface area contributed by atoms with Crippen LogP contribution in [-0.4, -0.2) is 44.2 Å². The van der Waals surface area contributed by atoms with Gasteiger partial charge in [-0.1, -0.05) is 18.2 Å². The molecule has 1 atom stereocenters. The molecule has 0 spiro atoms. The van der Waals surface area contributed by atoms with Gasteiger partial charge in [-0.05, 0) is 19.9 Å². The minimum atomic E-state index is -0.377. The van der Waals surface area contributed by atoms with Gasteiger partial charge in [0.25, 0.3) is 0 Å². The minimum Gasteiger partial charge on any atom is -1.00 e. The van der Waals surface area contributed by atoms with Crippen LogP contribution in [0.5, 0.6) is 0 Å². The number of nitrogens with zero attached hydrogens (tertiary/aromatic N) is 1. The largest absolute Gasteiger partial charge is 1.00 e. The van der Waals surface area contributed by atoms with Crippen LogP contribution in [0, 0.1) is 6.92 Å². The van der Waals surface area contributed by atoms with Gasteiger partial charge < -0.3 is 37.6 Å². The lowest BCUT2D eigenvalue weighted by Crippen LogP contribution is -3.00. The fourth-order valence-corrected chi connectivity index (χ4v) is 2.23. The van der Waals surface area contributed by atoms with E-state index in [-0.39, 0.29) is 36.0 Å². The second-order valence-electron chi connectivity index (χ2n) is 6.57. The summed E-state index contributed by atoms with van der Waals surface area (Å²) in [5.74, 6) is -0.0640. The van der Waals surface area contributed by atoms with E-state index in [4.69, 9.17) is 9.15 Å². The van der Waals surface area contributed by atoms with Crippen LogP contribution < -0.4 is 24.0 Å². The van der Waals surface area contributed by atoms with Crippen molar-refractivity contribution in [1.29, 1.82) is 0 Å². The van der Waals surface area contributed by atoms with Crippen molar-refractivity contribution in [3.05, 3.63) is 35.6 Å². The molecule has 1 aromatic carbocycles. The predicted molar refractivity (Wildman–Crippen MR) is 83.3 cm³/mol. The Kier molecular flexibility index (Phi) is 6.43. The Balaban J connectivity index is 0.00000242. The molecule has 122 valence electrons. The van der Waals surface area contributed by atoms with Crippen LogP contribution in [0.4, 0.5) is 0 Å². The van der Waals surface area contributed by atoms with Gasteiger partial charge in [0.1, 0.15) is 11.7 Å². The summed E-state index contributed by atoms with van der Waals surface area (Å²) >= 11 is 0. The molecule has 4 nitrogen and oxygen atoms in total. The van der Waals surface area contributed by atoms with E-state index < -0.39 is 0 Å². The molecule has 22 heavy (non-hydrogen) atoms. The number of quaternary nitrogens is 1. The molecule has 1 unspecified atom stereocenters. The highest BCUT2D eigenvalue weighted by Gasteiger charge is 2.21. The molecule has 0 amide bonds. The summed E-state index contributed by atoms with van der Waals surface area (Å²) in [5.41, 5.74) is 1.57. The van der Waals surface area contributed by atoms with Gasteiger partial charge in [0.2, 0.25) is 5.76 Å². The second kappa shape index (κ2) is 7.46. The van der Waals surface area contributed by atoms with Crippen molar-refractivity contribution < 1.29 is 42.4 Å². The molecule has 0 radical (unpaired) electrons. The van der Waals surface area contributed by atoms with Gasteiger partial charge >= 0.3 is 5.97 Å². The molecule has 0 fully saturated rings. The van der Waals surface area contributed by atoms with Gasteiger partial charge in [0.15, 0.2) is 0 Å². The van der Waals surface area contributed by atoms with Crippen LogP contribution in [0.1, 0.15) is 29.5 Å². The Hall–Kier alpha value is -1.08. The lowest BCUT2D eigenvalue weighted by Gasteiger charge is -2.25. The Morgan fingerprint density at radius 1 is 1.27 bits per heavy atom. The van der Waals surface area contributed by atoms with Crippen molar-refractivity contribution in [1.82, 2.24) is 0 Å². The van der Waals surface area contributed by atoms with E-state index in [9.17, 15) is 4.79 Å². The molecule has 0 saturated heterocycles. The number of carbonyl (C=O) groups is 1. The maximum Gasteiger partial charge on any atom is 0.374 e. The topological polar surface area (TPSA) is 39.4 Å². The number of esters is 1. The summed E-state index contributed by atoms with van der Waals surface area (Å²) in [6.07, 6.45) is 0.705. The first-order valence-electron chi connectivity index (χ1n) is 7.27. The van der Waals surface area contributed by atoms with Crippen LogP contribution in [0.25, 0.3) is 11.0 Å². The van der Waals surface area contributed by atoms with Crippen LogP contribution in [-0.2, 0) is 4.74 Å². The van der Waals surface area contributed by atoms with Crippen molar-refractivity contribution >= 4 is 16.9 Å². The number of carbonyl (C=O) groups excluding carboxylic acids is 1. The van der Waals surface area contributed by atoms with E-state index in [2.05, 4.69) is 21.1 Å². The third kappa shape index (κ3) is 4.71. The monoisotopic (exact) mass is 417 g/mol. The van der Waals surface area contributed by atoms with Crippen molar-refractivity contribution in [2.45, 2.75) is 26.4 Å². The summed E-state index contributed by atoms with van der Waals surface area (Å²) in [5, 5.41) is 0.962. The van der Waals surface area contributed by atoms with Crippen molar-refractivity contribution in [2.24, 2.45) is 0 Å². The van der Waals surface area contributed by atoms with E-state index in [1.165, 1.54) is 0 Å². The average molecular weight is 417 g/mol. The maximum atomic E-state index is 12.2. The molecule has 5 heteroatoms. The third-order valence-electron chi connectivity index (χ3n) is 3.54. The molecule has 0 bridgehead atoms. The first-order chi connectivity index (χ1) is 9.78. The van der Waals surface area contributed by atoms with E-state index in [1.807, 2.05) is 38.1 Å². The smallest absolute Gasteiger partial charge is 0.374 e.